The lowest BCUT2D eigenvalue weighted by atomic mass is 9.84. The number of hydrogen-bond donors (Lipinski definition) is 2. The molecule has 0 aromatic heterocycles. The first-order valence-electron chi connectivity index (χ1n) is 8.53. The van der Waals surface area contributed by atoms with Crippen LogP contribution in [0.4, 0.5) is 4.79 Å². The summed E-state index contributed by atoms with van der Waals surface area (Å²) in [7, 11) is 1.62. The number of carbonyl (C=O) groups is 1. The van der Waals surface area contributed by atoms with Gasteiger partial charge in [0.15, 0.2) is 11.5 Å². The van der Waals surface area contributed by atoms with Crippen molar-refractivity contribution < 1.29 is 19.0 Å². The minimum Gasteiger partial charge on any atom is -0.497 e. The van der Waals surface area contributed by atoms with Crippen LogP contribution >= 0.6 is 0 Å². The topological polar surface area (TPSA) is 68.8 Å². The number of benzene rings is 2. The number of methoxy groups -OCH3 is 1. The monoisotopic (exact) mass is 356 g/mol. The van der Waals surface area contributed by atoms with Gasteiger partial charge in [-0.25, -0.2) is 4.79 Å². The van der Waals surface area contributed by atoms with Crippen LogP contribution in [0, 0.1) is 0 Å². The molecule has 0 saturated heterocycles. The SMILES string of the molecule is COc1cccc(CNC(=O)NCC(C)(C)c2ccc3c(c2)OCO3)c1. The van der Waals surface area contributed by atoms with Gasteiger partial charge in [0.2, 0.25) is 6.79 Å². The van der Waals surface area contributed by atoms with Gasteiger partial charge >= 0.3 is 6.03 Å². The van der Waals surface area contributed by atoms with Crippen LogP contribution in [0.2, 0.25) is 0 Å². The summed E-state index contributed by atoms with van der Waals surface area (Å²) in [5.41, 5.74) is 1.82. The van der Waals surface area contributed by atoms with Crippen molar-refractivity contribution in [2.24, 2.45) is 0 Å². The molecule has 26 heavy (non-hydrogen) atoms. The maximum atomic E-state index is 12.1. The predicted octanol–water partition coefficient (Wildman–Crippen LogP) is 3.20. The molecule has 0 radical (unpaired) electrons. The molecule has 2 aromatic rings. The van der Waals surface area contributed by atoms with E-state index in [2.05, 4.69) is 24.5 Å². The maximum Gasteiger partial charge on any atom is 0.315 e. The number of nitrogens with one attached hydrogen (secondary N) is 2. The molecule has 0 unspecified atom stereocenters. The quantitative estimate of drug-likeness (QED) is 0.834. The van der Waals surface area contributed by atoms with E-state index in [9.17, 15) is 4.79 Å². The molecule has 1 heterocycles. The van der Waals surface area contributed by atoms with E-state index in [-0.39, 0.29) is 18.2 Å². The normalized spacial score (nSPS) is 12.6. The molecule has 0 spiro atoms. The molecule has 2 aromatic carbocycles. The summed E-state index contributed by atoms with van der Waals surface area (Å²) < 4.78 is 16.0. The first-order valence-corrected chi connectivity index (χ1v) is 8.53. The Kier molecular flexibility index (Phi) is 5.21. The molecule has 0 atom stereocenters. The highest BCUT2D eigenvalue weighted by Gasteiger charge is 2.24. The van der Waals surface area contributed by atoms with Crippen molar-refractivity contribution >= 4 is 6.03 Å². The highest BCUT2D eigenvalue weighted by Crippen LogP contribution is 2.36. The lowest BCUT2D eigenvalue weighted by Gasteiger charge is -2.26. The second-order valence-electron chi connectivity index (χ2n) is 6.84. The smallest absolute Gasteiger partial charge is 0.315 e. The molecule has 6 heteroatoms. The number of carbonyl (C=O) groups excluding carboxylic acids is 1. The lowest BCUT2D eigenvalue weighted by Crippen LogP contribution is -2.42. The molecule has 0 aliphatic carbocycles. The zero-order chi connectivity index (χ0) is 18.6. The number of amides is 2. The van der Waals surface area contributed by atoms with Gasteiger partial charge in [-0.05, 0) is 35.4 Å². The Morgan fingerprint density at radius 2 is 1.92 bits per heavy atom. The fourth-order valence-corrected chi connectivity index (χ4v) is 2.75. The third-order valence-electron chi connectivity index (χ3n) is 4.43. The van der Waals surface area contributed by atoms with Gasteiger partial charge in [-0.1, -0.05) is 32.0 Å². The first-order chi connectivity index (χ1) is 12.5. The van der Waals surface area contributed by atoms with Crippen LogP contribution in [0.25, 0.3) is 0 Å². The summed E-state index contributed by atoms with van der Waals surface area (Å²) in [5, 5.41) is 5.80. The largest absolute Gasteiger partial charge is 0.497 e. The van der Waals surface area contributed by atoms with Crippen LogP contribution in [0.3, 0.4) is 0 Å². The third-order valence-corrected chi connectivity index (χ3v) is 4.43. The second kappa shape index (κ2) is 7.56. The Bertz CT molecular complexity index is 789. The summed E-state index contributed by atoms with van der Waals surface area (Å²) >= 11 is 0. The van der Waals surface area contributed by atoms with Crippen molar-refractivity contribution in [1.29, 1.82) is 0 Å². The van der Waals surface area contributed by atoms with Gasteiger partial charge < -0.3 is 24.8 Å². The maximum absolute atomic E-state index is 12.1. The van der Waals surface area contributed by atoms with Gasteiger partial charge in [-0.3, -0.25) is 0 Å². The van der Waals surface area contributed by atoms with Crippen molar-refractivity contribution in [3.63, 3.8) is 0 Å². The summed E-state index contributed by atoms with van der Waals surface area (Å²) in [6.45, 7) is 5.34. The van der Waals surface area contributed by atoms with E-state index in [0.29, 0.717) is 13.1 Å². The van der Waals surface area contributed by atoms with Crippen LogP contribution in [-0.2, 0) is 12.0 Å². The molecule has 1 aliphatic rings. The Morgan fingerprint density at radius 3 is 2.73 bits per heavy atom. The van der Waals surface area contributed by atoms with Gasteiger partial charge in [-0.2, -0.15) is 0 Å². The number of fused-ring (bicyclic) bond motifs is 1. The lowest BCUT2D eigenvalue weighted by molar-refractivity contribution is 0.174. The van der Waals surface area contributed by atoms with Gasteiger partial charge in [0.05, 0.1) is 7.11 Å². The van der Waals surface area contributed by atoms with Crippen molar-refractivity contribution in [2.45, 2.75) is 25.8 Å². The van der Waals surface area contributed by atoms with Gasteiger partial charge in [0.25, 0.3) is 0 Å². The van der Waals surface area contributed by atoms with Crippen LogP contribution in [-0.4, -0.2) is 26.5 Å². The molecular formula is C20H24N2O4. The van der Waals surface area contributed by atoms with E-state index in [0.717, 1.165) is 28.4 Å². The van der Waals surface area contributed by atoms with Crippen LogP contribution < -0.4 is 24.8 Å². The molecule has 138 valence electrons. The van der Waals surface area contributed by atoms with Crippen LogP contribution in [0.5, 0.6) is 17.2 Å². The molecule has 3 rings (SSSR count). The van der Waals surface area contributed by atoms with Gasteiger partial charge in [0.1, 0.15) is 5.75 Å². The third kappa shape index (κ3) is 4.20. The number of rotatable bonds is 6. The molecule has 1 aliphatic heterocycles. The highest BCUT2D eigenvalue weighted by molar-refractivity contribution is 5.74. The standard InChI is InChI=1S/C20H24N2O4/c1-20(2,15-7-8-17-18(10-15)26-13-25-17)12-22-19(23)21-11-14-5-4-6-16(9-14)24-3/h4-10H,11-13H2,1-3H3,(H2,21,22,23). The van der Waals surface area contributed by atoms with E-state index in [1.807, 2.05) is 42.5 Å². The summed E-state index contributed by atoms with van der Waals surface area (Å²) in [5.74, 6) is 2.28. The molecule has 0 bridgehead atoms. The number of ether oxygens (including phenoxy) is 3. The molecular weight excluding hydrogens is 332 g/mol. The molecule has 6 nitrogen and oxygen atoms in total. The average Bonchev–Trinajstić information content (AvgIpc) is 3.13. The van der Waals surface area contributed by atoms with Crippen molar-refractivity contribution in [3.05, 3.63) is 53.6 Å². The molecule has 0 fully saturated rings. The zero-order valence-corrected chi connectivity index (χ0v) is 15.3. The van der Waals surface area contributed by atoms with E-state index in [1.165, 1.54) is 0 Å². The minimum absolute atomic E-state index is 0.207. The van der Waals surface area contributed by atoms with Crippen LogP contribution in [0.15, 0.2) is 42.5 Å². The summed E-state index contributed by atoms with van der Waals surface area (Å²) in [6, 6.07) is 13.3. The molecule has 2 N–H and O–H groups in total. The van der Waals surface area contributed by atoms with E-state index >= 15 is 0 Å². The van der Waals surface area contributed by atoms with E-state index < -0.39 is 0 Å². The Labute approximate surface area is 153 Å². The fraction of sp³-hybridized carbons (Fsp3) is 0.350. The van der Waals surface area contributed by atoms with Gasteiger partial charge in [-0.15, -0.1) is 0 Å². The van der Waals surface area contributed by atoms with Crippen molar-refractivity contribution in [3.8, 4) is 17.2 Å². The highest BCUT2D eigenvalue weighted by atomic mass is 16.7. The minimum atomic E-state index is -0.242. The van der Waals surface area contributed by atoms with Gasteiger partial charge in [0, 0.05) is 18.5 Å². The van der Waals surface area contributed by atoms with Crippen molar-refractivity contribution in [1.82, 2.24) is 10.6 Å². The predicted molar refractivity (Wildman–Crippen MR) is 98.8 cm³/mol. The summed E-state index contributed by atoms with van der Waals surface area (Å²) in [4.78, 5) is 12.1. The van der Waals surface area contributed by atoms with Crippen molar-refractivity contribution in [2.75, 3.05) is 20.4 Å². The Hall–Kier alpha value is -2.89. The Balaban J connectivity index is 1.53. The number of urea groups is 1. The first kappa shape index (κ1) is 17.9. The Morgan fingerprint density at radius 1 is 1.12 bits per heavy atom. The van der Waals surface area contributed by atoms with Crippen LogP contribution in [0.1, 0.15) is 25.0 Å². The summed E-state index contributed by atoms with van der Waals surface area (Å²) in [6.07, 6.45) is 0. The second-order valence-corrected chi connectivity index (χ2v) is 6.84. The van der Waals surface area contributed by atoms with E-state index in [4.69, 9.17) is 14.2 Å². The zero-order valence-electron chi connectivity index (χ0n) is 15.3. The van der Waals surface area contributed by atoms with E-state index in [1.54, 1.807) is 7.11 Å². The fourth-order valence-electron chi connectivity index (χ4n) is 2.75. The molecule has 2 amide bonds. The average molecular weight is 356 g/mol. The number of hydrogen-bond acceptors (Lipinski definition) is 4. The molecule has 0 saturated carbocycles.